The van der Waals surface area contributed by atoms with Crippen LogP contribution in [0.15, 0.2) is 34.9 Å². The number of hydrogen-bond donors (Lipinski definition) is 2. The highest BCUT2D eigenvalue weighted by atomic mass is 16.4. The van der Waals surface area contributed by atoms with Gasteiger partial charge in [-0.15, -0.1) is 0 Å². The van der Waals surface area contributed by atoms with Crippen LogP contribution in [0.3, 0.4) is 0 Å². The molecule has 4 heteroatoms. The van der Waals surface area contributed by atoms with Gasteiger partial charge in [-0.1, -0.05) is 32.0 Å². The number of aliphatic carboxylic acids is 1. The molecule has 0 aliphatic heterocycles. The summed E-state index contributed by atoms with van der Waals surface area (Å²) in [5.74, 6) is -1.26. The zero-order valence-electron chi connectivity index (χ0n) is 11.4. The Hall–Kier alpha value is -1.81. The van der Waals surface area contributed by atoms with Crippen LogP contribution in [0.1, 0.15) is 25.5 Å². The maximum absolute atomic E-state index is 11.5. The van der Waals surface area contributed by atoms with E-state index in [1.807, 2.05) is 38.1 Å². The molecule has 1 aromatic carbocycles. The lowest BCUT2D eigenvalue weighted by atomic mass is 9.84. The van der Waals surface area contributed by atoms with Crippen molar-refractivity contribution in [3.8, 4) is 0 Å². The normalized spacial score (nSPS) is 14.7. The summed E-state index contributed by atoms with van der Waals surface area (Å²) >= 11 is 0. The first-order chi connectivity index (χ1) is 9.06. The fraction of sp³-hybridized carbons (Fsp3) is 0.400. The Morgan fingerprint density at radius 3 is 2.58 bits per heavy atom. The standard InChI is InChI=1S/C15H19NO3/c1-9(2)13(15(17)18)14(16-3)11-8-19-12-7-5-4-6-10(11)12/h4-9,13-14,16H,1-3H3,(H,17,18). The number of hydrogen-bond acceptors (Lipinski definition) is 3. The molecule has 0 fully saturated rings. The van der Waals surface area contributed by atoms with E-state index < -0.39 is 11.9 Å². The SMILES string of the molecule is CNC(c1coc2ccccc12)C(C(=O)O)C(C)C. The van der Waals surface area contributed by atoms with Crippen molar-refractivity contribution in [1.82, 2.24) is 5.32 Å². The molecule has 0 saturated heterocycles. The minimum absolute atomic E-state index is 0.0311. The molecular formula is C15H19NO3. The molecule has 2 rings (SSSR count). The first-order valence-electron chi connectivity index (χ1n) is 6.42. The highest BCUT2D eigenvalue weighted by Crippen LogP contribution is 2.33. The van der Waals surface area contributed by atoms with E-state index in [9.17, 15) is 9.90 Å². The summed E-state index contributed by atoms with van der Waals surface area (Å²) in [6.07, 6.45) is 1.66. The van der Waals surface area contributed by atoms with Crippen LogP contribution in [-0.2, 0) is 4.79 Å². The van der Waals surface area contributed by atoms with E-state index in [0.29, 0.717) is 0 Å². The second-order valence-electron chi connectivity index (χ2n) is 5.06. The van der Waals surface area contributed by atoms with Gasteiger partial charge in [0.2, 0.25) is 0 Å². The molecule has 0 saturated carbocycles. The summed E-state index contributed by atoms with van der Waals surface area (Å²) in [7, 11) is 1.78. The van der Waals surface area contributed by atoms with Crippen LogP contribution >= 0.6 is 0 Å². The molecule has 2 unspecified atom stereocenters. The van der Waals surface area contributed by atoms with Crippen molar-refractivity contribution in [1.29, 1.82) is 0 Å². The fourth-order valence-corrected chi connectivity index (χ4v) is 2.58. The third kappa shape index (κ3) is 2.49. The van der Waals surface area contributed by atoms with Gasteiger partial charge in [0.05, 0.1) is 12.2 Å². The van der Waals surface area contributed by atoms with Crippen LogP contribution in [-0.4, -0.2) is 18.1 Å². The summed E-state index contributed by atoms with van der Waals surface area (Å²) in [6, 6.07) is 7.41. The number of furan rings is 1. The number of rotatable bonds is 5. The van der Waals surface area contributed by atoms with Crippen molar-refractivity contribution in [2.24, 2.45) is 11.8 Å². The van der Waals surface area contributed by atoms with Crippen molar-refractivity contribution >= 4 is 16.9 Å². The summed E-state index contributed by atoms with van der Waals surface area (Å²) in [5.41, 5.74) is 1.69. The Labute approximate surface area is 112 Å². The van der Waals surface area contributed by atoms with Crippen LogP contribution in [0, 0.1) is 11.8 Å². The fourth-order valence-electron chi connectivity index (χ4n) is 2.58. The Balaban J connectivity index is 2.49. The lowest BCUT2D eigenvalue weighted by Crippen LogP contribution is -2.34. The number of carboxylic acid groups (broad SMARTS) is 1. The Morgan fingerprint density at radius 1 is 1.32 bits per heavy atom. The smallest absolute Gasteiger partial charge is 0.308 e. The largest absolute Gasteiger partial charge is 0.481 e. The van der Waals surface area contributed by atoms with Crippen molar-refractivity contribution < 1.29 is 14.3 Å². The molecule has 1 heterocycles. The molecule has 0 bridgehead atoms. The number of benzene rings is 1. The van der Waals surface area contributed by atoms with Gasteiger partial charge < -0.3 is 14.8 Å². The maximum Gasteiger partial charge on any atom is 0.308 e. The van der Waals surface area contributed by atoms with Gasteiger partial charge in [-0.2, -0.15) is 0 Å². The van der Waals surface area contributed by atoms with Crippen LogP contribution in [0.4, 0.5) is 0 Å². The zero-order chi connectivity index (χ0) is 14.0. The number of para-hydroxylation sites is 1. The highest BCUT2D eigenvalue weighted by molar-refractivity contribution is 5.82. The molecule has 0 radical (unpaired) electrons. The number of carbonyl (C=O) groups is 1. The van der Waals surface area contributed by atoms with Gasteiger partial charge in [-0.25, -0.2) is 0 Å². The van der Waals surface area contributed by atoms with Gasteiger partial charge in [-0.3, -0.25) is 4.79 Å². The lowest BCUT2D eigenvalue weighted by molar-refractivity contribution is -0.144. The maximum atomic E-state index is 11.5. The molecular weight excluding hydrogens is 242 g/mol. The van der Waals surface area contributed by atoms with Gasteiger partial charge in [0, 0.05) is 17.0 Å². The van der Waals surface area contributed by atoms with Gasteiger partial charge in [0.1, 0.15) is 5.58 Å². The zero-order valence-corrected chi connectivity index (χ0v) is 11.4. The molecule has 0 spiro atoms. The van der Waals surface area contributed by atoms with E-state index in [1.54, 1.807) is 13.3 Å². The predicted octanol–water partition coefficient (Wildman–Crippen LogP) is 3.05. The minimum atomic E-state index is -0.792. The summed E-state index contributed by atoms with van der Waals surface area (Å²) in [4.78, 5) is 11.5. The molecule has 19 heavy (non-hydrogen) atoms. The number of nitrogens with one attached hydrogen (secondary N) is 1. The van der Waals surface area contributed by atoms with Crippen molar-refractivity contribution in [3.63, 3.8) is 0 Å². The second kappa shape index (κ2) is 5.45. The Kier molecular flexibility index (Phi) is 3.90. The molecule has 0 aliphatic carbocycles. The predicted molar refractivity (Wildman–Crippen MR) is 74.0 cm³/mol. The first-order valence-corrected chi connectivity index (χ1v) is 6.42. The van der Waals surface area contributed by atoms with Gasteiger partial charge in [-0.05, 0) is 19.0 Å². The Morgan fingerprint density at radius 2 is 2.00 bits per heavy atom. The average molecular weight is 261 g/mol. The van der Waals surface area contributed by atoms with E-state index >= 15 is 0 Å². The summed E-state index contributed by atoms with van der Waals surface area (Å²) < 4.78 is 5.51. The molecule has 2 N–H and O–H groups in total. The number of fused-ring (bicyclic) bond motifs is 1. The Bertz CT molecular complexity index is 574. The first kappa shape index (κ1) is 13.6. The van der Waals surface area contributed by atoms with Gasteiger partial charge >= 0.3 is 5.97 Å². The van der Waals surface area contributed by atoms with Crippen molar-refractivity contribution in [2.75, 3.05) is 7.05 Å². The topological polar surface area (TPSA) is 62.5 Å². The molecule has 102 valence electrons. The van der Waals surface area contributed by atoms with Crippen LogP contribution in [0.25, 0.3) is 11.0 Å². The summed E-state index contributed by atoms with van der Waals surface area (Å²) in [6.45, 7) is 3.84. The summed E-state index contributed by atoms with van der Waals surface area (Å²) in [5, 5.41) is 13.5. The van der Waals surface area contributed by atoms with Crippen LogP contribution in [0.5, 0.6) is 0 Å². The molecule has 1 aromatic heterocycles. The molecule has 2 atom stereocenters. The van der Waals surface area contributed by atoms with E-state index in [-0.39, 0.29) is 12.0 Å². The third-order valence-corrected chi connectivity index (χ3v) is 3.52. The average Bonchev–Trinajstić information content (AvgIpc) is 2.78. The lowest BCUT2D eigenvalue weighted by Gasteiger charge is -2.26. The van der Waals surface area contributed by atoms with Gasteiger partial charge in [0.25, 0.3) is 0 Å². The highest BCUT2D eigenvalue weighted by Gasteiger charge is 2.32. The van der Waals surface area contributed by atoms with E-state index in [0.717, 1.165) is 16.5 Å². The van der Waals surface area contributed by atoms with Crippen molar-refractivity contribution in [2.45, 2.75) is 19.9 Å². The molecule has 2 aromatic rings. The van der Waals surface area contributed by atoms with Crippen molar-refractivity contribution in [3.05, 3.63) is 36.1 Å². The molecule has 0 aliphatic rings. The number of carboxylic acids is 1. The molecule has 4 nitrogen and oxygen atoms in total. The quantitative estimate of drug-likeness (QED) is 0.868. The van der Waals surface area contributed by atoms with Crippen LogP contribution in [0.2, 0.25) is 0 Å². The third-order valence-electron chi connectivity index (χ3n) is 3.52. The van der Waals surface area contributed by atoms with E-state index in [4.69, 9.17) is 4.42 Å². The van der Waals surface area contributed by atoms with Gasteiger partial charge in [0.15, 0.2) is 0 Å². The van der Waals surface area contributed by atoms with E-state index in [2.05, 4.69) is 5.32 Å². The van der Waals surface area contributed by atoms with E-state index in [1.165, 1.54) is 0 Å². The molecule has 0 amide bonds. The minimum Gasteiger partial charge on any atom is -0.481 e. The monoisotopic (exact) mass is 261 g/mol. The second-order valence-corrected chi connectivity index (χ2v) is 5.06. The van der Waals surface area contributed by atoms with Crippen LogP contribution < -0.4 is 5.32 Å².